The van der Waals surface area contributed by atoms with E-state index < -0.39 is 6.10 Å². The SMILES string of the molecule is Cc1ccc(CCCNC(=O)[C@H](C)Oc2ccccc2C(C)C)cc1. The molecule has 2 rings (SSSR count). The molecule has 0 radical (unpaired) electrons. The van der Waals surface area contributed by atoms with Crippen LogP contribution in [0.1, 0.15) is 49.8 Å². The summed E-state index contributed by atoms with van der Waals surface area (Å²) in [4.78, 5) is 12.2. The zero-order valence-corrected chi connectivity index (χ0v) is 15.7. The van der Waals surface area contributed by atoms with Gasteiger partial charge in [0.15, 0.2) is 6.10 Å². The van der Waals surface area contributed by atoms with Crippen molar-refractivity contribution in [3.63, 3.8) is 0 Å². The molecule has 0 saturated carbocycles. The Morgan fingerprint density at radius 2 is 1.72 bits per heavy atom. The van der Waals surface area contributed by atoms with E-state index in [-0.39, 0.29) is 5.91 Å². The van der Waals surface area contributed by atoms with Gasteiger partial charge in [0.2, 0.25) is 0 Å². The van der Waals surface area contributed by atoms with Crippen molar-refractivity contribution >= 4 is 5.91 Å². The summed E-state index contributed by atoms with van der Waals surface area (Å²) in [5.41, 5.74) is 3.70. The highest BCUT2D eigenvalue weighted by Gasteiger charge is 2.16. The number of benzene rings is 2. The molecule has 25 heavy (non-hydrogen) atoms. The molecule has 0 aliphatic rings. The summed E-state index contributed by atoms with van der Waals surface area (Å²) in [6.07, 6.45) is 1.38. The second-order valence-electron chi connectivity index (χ2n) is 6.83. The Balaban J connectivity index is 1.78. The summed E-state index contributed by atoms with van der Waals surface area (Å²) in [5.74, 6) is 1.09. The van der Waals surface area contributed by atoms with Crippen molar-refractivity contribution < 1.29 is 9.53 Å². The van der Waals surface area contributed by atoms with E-state index in [2.05, 4.69) is 50.4 Å². The monoisotopic (exact) mass is 339 g/mol. The number of rotatable bonds is 8. The number of nitrogens with one attached hydrogen (secondary N) is 1. The minimum absolute atomic E-state index is 0.0672. The number of aryl methyl sites for hydroxylation is 2. The molecule has 0 fully saturated rings. The van der Waals surface area contributed by atoms with Crippen molar-refractivity contribution in [3.05, 3.63) is 65.2 Å². The fourth-order valence-electron chi connectivity index (χ4n) is 2.71. The Bertz CT molecular complexity index is 677. The van der Waals surface area contributed by atoms with E-state index >= 15 is 0 Å². The topological polar surface area (TPSA) is 38.3 Å². The van der Waals surface area contributed by atoms with Crippen LogP contribution >= 0.6 is 0 Å². The standard InChI is InChI=1S/C22H29NO2/c1-16(2)20-9-5-6-10-21(20)25-18(4)22(24)23-15-7-8-19-13-11-17(3)12-14-19/h5-6,9-14,16,18H,7-8,15H2,1-4H3,(H,23,24)/t18-/m0/s1. The summed E-state index contributed by atoms with van der Waals surface area (Å²) in [6.45, 7) is 8.79. The molecule has 1 atom stereocenters. The smallest absolute Gasteiger partial charge is 0.260 e. The van der Waals surface area contributed by atoms with Crippen LogP contribution < -0.4 is 10.1 Å². The lowest BCUT2D eigenvalue weighted by molar-refractivity contribution is -0.127. The van der Waals surface area contributed by atoms with Crippen molar-refractivity contribution in [2.75, 3.05) is 6.54 Å². The third-order valence-electron chi connectivity index (χ3n) is 4.28. The van der Waals surface area contributed by atoms with Crippen molar-refractivity contribution in [1.82, 2.24) is 5.32 Å². The zero-order chi connectivity index (χ0) is 18.2. The molecule has 0 unspecified atom stereocenters. The zero-order valence-electron chi connectivity index (χ0n) is 15.7. The highest BCUT2D eigenvalue weighted by Crippen LogP contribution is 2.26. The number of carbonyl (C=O) groups is 1. The summed E-state index contributed by atoms with van der Waals surface area (Å²) in [5, 5.41) is 2.97. The molecule has 0 aliphatic carbocycles. The first kappa shape index (κ1) is 19.0. The lowest BCUT2D eigenvalue weighted by Gasteiger charge is -2.18. The van der Waals surface area contributed by atoms with Gasteiger partial charge in [0.05, 0.1) is 0 Å². The van der Waals surface area contributed by atoms with E-state index in [0.717, 1.165) is 24.2 Å². The number of amides is 1. The molecule has 0 aromatic heterocycles. The highest BCUT2D eigenvalue weighted by atomic mass is 16.5. The van der Waals surface area contributed by atoms with Gasteiger partial charge in [-0.2, -0.15) is 0 Å². The van der Waals surface area contributed by atoms with Gasteiger partial charge in [-0.25, -0.2) is 0 Å². The Hall–Kier alpha value is -2.29. The van der Waals surface area contributed by atoms with Crippen molar-refractivity contribution in [2.45, 2.75) is 52.6 Å². The number of ether oxygens (including phenoxy) is 1. The summed E-state index contributed by atoms with van der Waals surface area (Å²) < 4.78 is 5.89. The van der Waals surface area contributed by atoms with Crippen LogP contribution in [0.2, 0.25) is 0 Å². The largest absolute Gasteiger partial charge is 0.481 e. The molecule has 1 N–H and O–H groups in total. The van der Waals surface area contributed by atoms with Gasteiger partial charge in [0.25, 0.3) is 5.91 Å². The van der Waals surface area contributed by atoms with Gasteiger partial charge in [-0.15, -0.1) is 0 Å². The molecule has 0 heterocycles. The minimum atomic E-state index is -0.501. The molecule has 3 nitrogen and oxygen atoms in total. The Labute approximate surface area is 151 Å². The fraction of sp³-hybridized carbons (Fsp3) is 0.409. The van der Waals surface area contributed by atoms with Gasteiger partial charge in [-0.05, 0) is 49.8 Å². The molecular formula is C22H29NO2. The van der Waals surface area contributed by atoms with Crippen LogP contribution in [0.3, 0.4) is 0 Å². The van der Waals surface area contributed by atoms with E-state index in [1.54, 1.807) is 6.92 Å². The van der Waals surface area contributed by atoms with Gasteiger partial charge in [-0.3, -0.25) is 4.79 Å². The van der Waals surface area contributed by atoms with Gasteiger partial charge >= 0.3 is 0 Å². The molecular weight excluding hydrogens is 310 g/mol. The van der Waals surface area contributed by atoms with E-state index in [9.17, 15) is 4.79 Å². The third-order valence-corrected chi connectivity index (χ3v) is 4.28. The molecule has 0 saturated heterocycles. The van der Waals surface area contributed by atoms with Gasteiger partial charge in [-0.1, -0.05) is 61.9 Å². The molecule has 3 heteroatoms. The average Bonchev–Trinajstić information content (AvgIpc) is 2.60. The van der Waals surface area contributed by atoms with Crippen LogP contribution in [0.15, 0.2) is 48.5 Å². The van der Waals surface area contributed by atoms with Crippen molar-refractivity contribution in [1.29, 1.82) is 0 Å². The number of hydrogen-bond donors (Lipinski definition) is 1. The van der Waals surface area contributed by atoms with E-state index in [1.807, 2.05) is 24.3 Å². The van der Waals surface area contributed by atoms with Crippen LogP contribution in [-0.4, -0.2) is 18.6 Å². The first-order valence-electron chi connectivity index (χ1n) is 9.06. The predicted molar refractivity (Wildman–Crippen MR) is 103 cm³/mol. The molecule has 0 bridgehead atoms. The second-order valence-corrected chi connectivity index (χ2v) is 6.83. The fourth-order valence-corrected chi connectivity index (χ4v) is 2.71. The van der Waals surface area contributed by atoms with Crippen LogP contribution in [0.5, 0.6) is 5.75 Å². The maximum absolute atomic E-state index is 12.2. The Morgan fingerprint density at radius 1 is 1.04 bits per heavy atom. The number of para-hydroxylation sites is 1. The Kier molecular flexibility index (Phi) is 7.05. The Morgan fingerprint density at radius 3 is 2.40 bits per heavy atom. The number of hydrogen-bond acceptors (Lipinski definition) is 2. The normalized spacial score (nSPS) is 12.0. The third kappa shape index (κ3) is 5.93. The highest BCUT2D eigenvalue weighted by molar-refractivity contribution is 5.80. The molecule has 134 valence electrons. The van der Waals surface area contributed by atoms with Crippen LogP contribution in [0.25, 0.3) is 0 Å². The molecule has 0 aliphatic heterocycles. The summed E-state index contributed by atoms with van der Waals surface area (Å²) >= 11 is 0. The molecule has 2 aromatic carbocycles. The molecule has 0 spiro atoms. The van der Waals surface area contributed by atoms with E-state index in [4.69, 9.17) is 4.74 Å². The van der Waals surface area contributed by atoms with E-state index in [0.29, 0.717) is 12.5 Å². The first-order chi connectivity index (χ1) is 12.0. The van der Waals surface area contributed by atoms with Crippen molar-refractivity contribution in [2.24, 2.45) is 0 Å². The predicted octanol–water partition coefficient (Wildman–Crippen LogP) is 4.63. The number of carbonyl (C=O) groups excluding carboxylic acids is 1. The minimum Gasteiger partial charge on any atom is -0.481 e. The quantitative estimate of drug-likeness (QED) is 0.712. The van der Waals surface area contributed by atoms with Crippen LogP contribution in [0.4, 0.5) is 0 Å². The van der Waals surface area contributed by atoms with Crippen LogP contribution in [-0.2, 0) is 11.2 Å². The first-order valence-corrected chi connectivity index (χ1v) is 9.06. The average molecular weight is 339 g/mol. The lowest BCUT2D eigenvalue weighted by atomic mass is 10.0. The molecule has 2 aromatic rings. The van der Waals surface area contributed by atoms with Gasteiger partial charge < -0.3 is 10.1 Å². The van der Waals surface area contributed by atoms with Crippen LogP contribution in [0, 0.1) is 6.92 Å². The summed E-state index contributed by atoms with van der Waals surface area (Å²) in [6, 6.07) is 16.4. The second kappa shape index (κ2) is 9.26. The maximum Gasteiger partial charge on any atom is 0.260 e. The molecule has 1 amide bonds. The summed E-state index contributed by atoms with van der Waals surface area (Å²) in [7, 11) is 0. The maximum atomic E-state index is 12.2. The van der Waals surface area contributed by atoms with Gasteiger partial charge in [0.1, 0.15) is 5.75 Å². The van der Waals surface area contributed by atoms with E-state index in [1.165, 1.54) is 11.1 Å². The van der Waals surface area contributed by atoms with Crippen molar-refractivity contribution in [3.8, 4) is 5.75 Å². The van der Waals surface area contributed by atoms with Gasteiger partial charge in [0, 0.05) is 6.54 Å². The lowest BCUT2D eigenvalue weighted by Crippen LogP contribution is -2.37.